The predicted octanol–water partition coefficient (Wildman–Crippen LogP) is 3.47. The van der Waals surface area contributed by atoms with Gasteiger partial charge in [0.05, 0.1) is 6.10 Å². The lowest BCUT2D eigenvalue weighted by atomic mass is 10.1. The highest BCUT2D eigenvalue weighted by atomic mass is 16.3. The zero-order valence-electron chi connectivity index (χ0n) is 11.6. The van der Waals surface area contributed by atoms with Crippen molar-refractivity contribution in [1.29, 1.82) is 0 Å². The Labute approximate surface area is 122 Å². The number of carbonyl (C=O) groups is 1. The van der Waals surface area contributed by atoms with Gasteiger partial charge in [0.2, 0.25) is 0 Å². The summed E-state index contributed by atoms with van der Waals surface area (Å²) < 4.78 is 0. The van der Waals surface area contributed by atoms with E-state index in [0.717, 1.165) is 10.9 Å². The molecule has 106 valence electrons. The van der Waals surface area contributed by atoms with Crippen LogP contribution in [0.5, 0.6) is 0 Å². The van der Waals surface area contributed by atoms with Gasteiger partial charge >= 0.3 is 0 Å². The number of hydrogen-bond donors (Lipinski definition) is 3. The molecule has 1 heterocycles. The summed E-state index contributed by atoms with van der Waals surface area (Å²) in [4.78, 5) is 15.4. The molecule has 2 aromatic carbocycles. The van der Waals surface area contributed by atoms with Gasteiger partial charge < -0.3 is 15.4 Å². The first-order chi connectivity index (χ1) is 10.1. The van der Waals surface area contributed by atoms with Crippen molar-refractivity contribution in [2.45, 2.75) is 13.0 Å². The Kier molecular flexibility index (Phi) is 3.46. The molecule has 0 fully saturated rings. The number of nitrogens with one attached hydrogen (secondary N) is 2. The number of para-hydroxylation sites is 1. The first kappa shape index (κ1) is 13.4. The Bertz CT molecular complexity index is 790. The molecular formula is C17H16N2O2. The van der Waals surface area contributed by atoms with E-state index < -0.39 is 6.10 Å². The number of anilines is 1. The van der Waals surface area contributed by atoms with E-state index in [0.29, 0.717) is 16.8 Å². The van der Waals surface area contributed by atoms with Crippen LogP contribution in [0.3, 0.4) is 0 Å². The Morgan fingerprint density at radius 1 is 1.19 bits per heavy atom. The molecule has 0 radical (unpaired) electrons. The minimum atomic E-state index is -0.632. The van der Waals surface area contributed by atoms with Crippen LogP contribution in [-0.4, -0.2) is 16.0 Å². The Hall–Kier alpha value is -2.59. The minimum Gasteiger partial charge on any atom is -0.389 e. The van der Waals surface area contributed by atoms with E-state index in [1.807, 2.05) is 36.5 Å². The molecule has 0 bridgehead atoms. The highest BCUT2D eigenvalue weighted by Gasteiger charge is 2.12. The largest absolute Gasteiger partial charge is 0.389 e. The molecule has 0 saturated carbocycles. The Balaban J connectivity index is 1.89. The smallest absolute Gasteiger partial charge is 0.255 e. The molecule has 1 unspecified atom stereocenters. The minimum absolute atomic E-state index is 0.195. The Morgan fingerprint density at radius 3 is 2.81 bits per heavy atom. The van der Waals surface area contributed by atoms with E-state index in [-0.39, 0.29) is 5.91 Å². The first-order valence-corrected chi connectivity index (χ1v) is 6.80. The van der Waals surface area contributed by atoms with Crippen molar-refractivity contribution in [1.82, 2.24) is 4.98 Å². The molecule has 0 saturated heterocycles. The number of benzene rings is 2. The lowest BCUT2D eigenvalue weighted by Gasteiger charge is -2.13. The summed E-state index contributed by atoms with van der Waals surface area (Å²) in [5.41, 5.74) is 2.83. The molecule has 0 aliphatic carbocycles. The molecule has 1 amide bonds. The number of H-pyrrole nitrogens is 1. The van der Waals surface area contributed by atoms with Gasteiger partial charge in [0.25, 0.3) is 5.91 Å². The third-order valence-electron chi connectivity index (χ3n) is 3.48. The number of carbonyl (C=O) groups excluding carboxylic acids is 1. The number of aliphatic hydroxyl groups excluding tert-OH is 1. The molecule has 4 heteroatoms. The fourth-order valence-electron chi connectivity index (χ4n) is 2.36. The SMILES string of the molecule is CC(O)c1ccccc1NC(=O)c1ccc2cc[nH]c2c1. The van der Waals surface area contributed by atoms with E-state index in [2.05, 4.69) is 10.3 Å². The van der Waals surface area contributed by atoms with Crippen LogP contribution in [-0.2, 0) is 0 Å². The summed E-state index contributed by atoms with van der Waals surface area (Å²) in [6.45, 7) is 1.68. The van der Waals surface area contributed by atoms with Crippen LogP contribution in [0.15, 0.2) is 54.7 Å². The average Bonchev–Trinajstić information content (AvgIpc) is 2.94. The van der Waals surface area contributed by atoms with E-state index in [9.17, 15) is 9.90 Å². The number of rotatable bonds is 3. The van der Waals surface area contributed by atoms with Crippen LogP contribution < -0.4 is 5.32 Å². The van der Waals surface area contributed by atoms with Crippen LogP contribution >= 0.6 is 0 Å². The van der Waals surface area contributed by atoms with Crippen molar-refractivity contribution >= 4 is 22.5 Å². The van der Waals surface area contributed by atoms with Gasteiger partial charge in [0.15, 0.2) is 0 Å². The number of aromatic nitrogens is 1. The summed E-state index contributed by atoms with van der Waals surface area (Å²) in [7, 11) is 0. The van der Waals surface area contributed by atoms with Crippen LogP contribution in [0.4, 0.5) is 5.69 Å². The molecule has 3 N–H and O–H groups in total. The number of aromatic amines is 1. The third-order valence-corrected chi connectivity index (χ3v) is 3.48. The lowest BCUT2D eigenvalue weighted by Crippen LogP contribution is -2.13. The van der Waals surface area contributed by atoms with Gasteiger partial charge in [-0.05, 0) is 36.6 Å². The topological polar surface area (TPSA) is 65.1 Å². The lowest BCUT2D eigenvalue weighted by molar-refractivity contribution is 0.102. The molecule has 1 atom stereocenters. The molecule has 3 aromatic rings. The highest BCUT2D eigenvalue weighted by molar-refractivity contribution is 6.06. The molecule has 1 aromatic heterocycles. The van der Waals surface area contributed by atoms with E-state index in [4.69, 9.17) is 0 Å². The van der Waals surface area contributed by atoms with Crippen molar-refractivity contribution in [3.8, 4) is 0 Å². The van der Waals surface area contributed by atoms with Gasteiger partial charge in [-0.1, -0.05) is 24.3 Å². The van der Waals surface area contributed by atoms with E-state index >= 15 is 0 Å². The standard InChI is InChI=1S/C17H16N2O2/c1-11(20)14-4-2-3-5-15(14)19-17(21)13-7-6-12-8-9-18-16(12)10-13/h2-11,18,20H,1H3,(H,19,21). The number of aliphatic hydroxyl groups is 1. The third kappa shape index (κ3) is 2.66. The van der Waals surface area contributed by atoms with Crippen molar-refractivity contribution in [2.75, 3.05) is 5.32 Å². The van der Waals surface area contributed by atoms with Crippen LogP contribution in [0.1, 0.15) is 28.9 Å². The van der Waals surface area contributed by atoms with Gasteiger partial charge in [-0.25, -0.2) is 0 Å². The number of fused-ring (bicyclic) bond motifs is 1. The van der Waals surface area contributed by atoms with Gasteiger partial charge in [0, 0.05) is 28.5 Å². The number of amides is 1. The summed E-state index contributed by atoms with van der Waals surface area (Å²) in [5, 5.41) is 13.7. The molecule has 4 nitrogen and oxygen atoms in total. The average molecular weight is 280 g/mol. The van der Waals surface area contributed by atoms with Gasteiger partial charge in [-0.2, -0.15) is 0 Å². The zero-order chi connectivity index (χ0) is 14.8. The second kappa shape index (κ2) is 5.42. The van der Waals surface area contributed by atoms with Crippen molar-refractivity contribution in [3.05, 3.63) is 65.9 Å². The summed E-state index contributed by atoms with van der Waals surface area (Å²) in [6, 6.07) is 14.7. The van der Waals surface area contributed by atoms with Crippen molar-refractivity contribution < 1.29 is 9.90 Å². The van der Waals surface area contributed by atoms with Gasteiger partial charge in [-0.15, -0.1) is 0 Å². The second-order valence-corrected chi connectivity index (χ2v) is 5.00. The van der Waals surface area contributed by atoms with Crippen LogP contribution in [0, 0.1) is 0 Å². The molecule has 21 heavy (non-hydrogen) atoms. The monoisotopic (exact) mass is 280 g/mol. The zero-order valence-corrected chi connectivity index (χ0v) is 11.6. The van der Waals surface area contributed by atoms with Crippen molar-refractivity contribution in [2.24, 2.45) is 0 Å². The fourth-order valence-corrected chi connectivity index (χ4v) is 2.36. The van der Waals surface area contributed by atoms with Crippen molar-refractivity contribution in [3.63, 3.8) is 0 Å². The van der Waals surface area contributed by atoms with Gasteiger partial charge in [0.1, 0.15) is 0 Å². The fraction of sp³-hybridized carbons (Fsp3) is 0.118. The maximum absolute atomic E-state index is 12.3. The van der Waals surface area contributed by atoms with E-state index in [1.165, 1.54) is 0 Å². The molecule has 3 rings (SSSR count). The quantitative estimate of drug-likeness (QED) is 0.687. The summed E-state index contributed by atoms with van der Waals surface area (Å²) in [6.07, 6.45) is 1.21. The maximum atomic E-state index is 12.3. The highest BCUT2D eigenvalue weighted by Crippen LogP contribution is 2.23. The summed E-state index contributed by atoms with van der Waals surface area (Å²) in [5.74, 6) is -0.195. The molecule has 0 aliphatic rings. The van der Waals surface area contributed by atoms with Gasteiger partial charge in [-0.3, -0.25) is 4.79 Å². The predicted molar refractivity (Wildman–Crippen MR) is 83.3 cm³/mol. The molecular weight excluding hydrogens is 264 g/mol. The second-order valence-electron chi connectivity index (χ2n) is 5.00. The van der Waals surface area contributed by atoms with Crippen LogP contribution in [0.2, 0.25) is 0 Å². The summed E-state index contributed by atoms with van der Waals surface area (Å²) >= 11 is 0. The normalized spacial score (nSPS) is 12.3. The van der Waals surface area contributed by atoms with E-state index in [1.54, 1.807) is 25.1 Å². The number of hydrogen-bond acceptors (Lipinski definition) is 2. The first-order valence-electron chi connectivity index (χ1n) is 6.80. The molecule has 0 spiro atoms. The Morgan fingerprint density at radius 2 is 2.00 bits per heavy atom. The molecule has 0 aliphatic heterocycles. The van der Waals surface area contributed by atoms with Crippen LogP contribution in [0.25, 0.3) is 10.9 Å². The maximum Gasteiger partial charge on any atom is 0.255 e.